The van der Waals surface area contributed by atoms with E-state index in [2.05, 4.69) is 35.7 Å². The van der Waals surface area contributed by atoms with Crippen molar-refractivity contribution in [2.75, 3.05) is 13.1 Å². The van der Waals surface area contributed by atoms with Crippen molar-refractivity contribution in [2.45, 2.75) is 25.0 Å². The highest BCUT2D eigenvalue weighted by Gasteiger charge is 2.34. The molecule has 0 aliphatic carbocycles. The summed E-state index contributed by atoms with van der Waals surface area (Å²) in [7, 11) is 0. The van der Waals surface area contributed by atoms with Crippen LogP contribution >= 0.6 is 0 Å². The average Bonchev–Trinajstić information content (AvgIpc) is 2.62. The van der Waals surface area contributed by atoms with Gasteiger partial charge in [0, 0.05) is 19.6 Å². The quantitative estimate of drug-likeness (QED) is 0.782. The first kappa shape index (κ1) is 11.4. The Morgan fingerprint density at radius 3 is 2.81 bits per heavy atom. The fourth-order valence-corrected chi connectivity index (χ4v) is 2.35. The van der Waals surface area contributed by atoms with Crippen LogP contribution in [0.3, 0.4) is 0 Å². The van der Waals surface area contributed by atoms with Crippen LogP contribution in [0.1, 0.15) is 18.4 Å². The van der Waals surface area contributed by atoms with Crippen LogP contribution in [0.2, 0.25) is 0 Å². The molecule has 1 aliphatic heterocycles. The van der Waals surface area contributed by atoms with Crippen LogP contribution in [0, 0.1) is 0 Å². The Balaban J connectivity index is 1.92. The molecule has 2 nitrogen and oxygen atoms in total. The van der Waals surface area contributed by atoms with Crippen molar-refractivity contribution in [1.82, 2.24) is 4.90 Å². The summed E-state index contributed by atoms with van der Waals surface area (Å²) in [5.74, 6) is 0. The Kier molecular flexibility index (Phi) is 3.42. The first-order chi connectivity index (χ1) is 7.72. The highest BCUT2D eigenvalue weighted by atomic mass is 16.3. The third kappa shape index (κ3) is 2.71. The molecule has 1 aliphatic rings. The van der Waals surface area contributed by atoms with Gasteiger partial charge in [-0.1, -0.05) is 36.4 Å². The normalized spacial score (nSPS) is 25.8. The summed E-state index contributed by atoms with van der Waals surface area (Å²) < 4.78 is 0. The molecule has 0 unspecified atom stereocenters. The Morgan fingerprint density at radius 2 is 2.12 bits per heavy atom. The maximum atomic E-state index is 10.2. The van der Waals surface area contributed by atoms with Gasteiger partial charge in [0.1, 0.15) is 0 Å². The van der Waals surface area contributed by atoms with Crippen LogP contribution in [0.15, 0.2) is 43.0 Å². The fourth-order valence-electron chi connectivity index (χ4n) is 2.35. The summed E-state index contributed by atoms with van der Waals surface area (Å²) >= 11 is 0. The van der Waals surface area contributed by atoms with Crippen molar-refractivity contribution in [1.29, 1.82) is 0 Å². The van der Waals surface area contributed by atoms with Crippen LogP contribution in [-0.2, 0) is 6.54 Å². The van der Waals surface area contributed by atoms with E-state index in [-0.39, 0.29) is 0 Å². The number of rotatable bonds is 4. The summed E-state index contributed by atoms with van der Waals surface area (Å²) in [6.07, 6.45) is 3.36. The number of nitrogens with zero attached hydrogens (tertiary/aromatic N) is 1. The molecule has 0 spiro atoms. The molecular weight excluding hydrogens is 198 g/mol. The largest absolute Gasteiger partial charge is 0.388 e. The molecule has 1 aromatic carbocycles. The van der Waals surface area contributed by atoms with Gasteiger partial charge in [-0.2, -0.15) is 0 Å². The number of likely N-dealkylation sites (tertiary alicyclic amines) is 1. The number of hydrogen-bond donors (Lipinski definition) is 1. The van der Waals surface area contributed by atoms with Gasteiger partial charge in [0.25, 0.3) is 0 Å². The van der Waals surface area contributed by atoms with Crippen LogP contribution in [-0.4, -0.2) is 28.7 Å². The summed E-state index contributed by atoms with van der Waals surface area (Å²) in [4.78, 5) is 2.30. The van der Waals surface area contributed by atoms with E-state index < -0.39 is 5.60 Å². The summed E-state index contributed by atoms with van der Waals surface area (Å²) in [5.41, 5.74) is 0.765. The number of β-amino-alcohol motifs (C(OH)–C–C–N with tert-alkyl or cyclic N) is 1. The molecule has 1 aromatic rings. The Morgan fingerprint density at radius 1 is 1.38 bits per heavy atom. The first-order valence-electron chi connectivity index (χ1n) is 5.81. The molecule has 0 radical (unpaired) electrons. The lowest BCUT2D eigenvalue weighted by atomic mass is 9.99. The van der Waals surface area contributed by atoms with Gasteiger partial charge >= 0.3 is 0 Å². The molecule has 2 heteroatoms. The van der Waals surface area contributed by atoms with Gasteiger partial charge in [-0.3, -0.25) is 4.90 Å². The Labute approximate surface area is 97.2 Å². The molecule has 1 fully saturated rings. The Hall–Kier alpha value is -1.12. The van der Waals surface area contributed by atoms with Gasteiger partial charge < -0.3 is 5.11 Å². The molecule has 0 saturated carbocycles. The van der Waals surface area contributed by atoms with Crippen molar-refractivity contribution >= 4 is 0 Å². The molecule has 2 rings (SSSR count). The highest BCUT2D eigenvalue weighted by Crippen LogP contribution is 2.26. The van der Waals surface area contributed by atoms with Crippen molar-refractivity contribution in [3.05, 3.63) is 48.6 Å². The van der Waals surface area contributed by atoms with Crippen molar-refractivity contribution in [3.63, 3.8) is 0 Å². The molecule has 0 amide bonds. The van der Waals surface area contributed by atoms with E-state index in [4.69, 9.17) is 0 Å². The predicted molar refractivity (Wildman–Crippen MR) is 66.1 cm³/mol. The zero-order chi connectivity index (χ0) is 11.4. The van der Waals surface area contributed by atoms with E-state index in [1.54, 1.807) is 0 Å². The summed E-state index contributed by atoms with van der Waals surface area (Å²) in [5, 5.41) is 10.2. The second-order valence-electron chi connectivity index (χ2n) is 4.66. The number of aliphatic hydroxyl groups is 1. The van der Waals surface area contributed by atoms with Crippen molar-refractivity contribution in [3.8, 4) is 0 Å². The maximum absolute atomic E-state index is 10.2. The highest BCUT2D eigenvalue weighted by molar-refractivity contribution is 5.15. The smallest absolute Gasteiger partial charge is 0.0820 e. The van der Waals surface area contributed by atoms with E-state index in [0.717, 1.165) is 26.1 Å². The van der Waals surface area contributed by atoms with Crippen LogP contribution in [0.25, 0.3) is 0 Å². The number of hydrogen-bond acceptors (Lipinski definition) is 2. The molecule has 0 bridgehead atoms. The SMILES string of the molecule is C=CC[C@@]1(O)CCN(Cc2ccccc2)C1. The fraction of sp³-hybridized carbons (Fsp3) is 0.429. The van der Waals surface area contributed by atoms with E-state index in [1.807, 2.05) is 12.1 Å². The minimum Gasteiger partial charge on any atom is -0.388 e. The third-order valence-corrected chi connectivity index (χ3v) is 3.18. The molecule has 16 heavy (non-hydrogen) atoms. The van der Waals surface area contributed by atoms with E-state index >= 15 is 0 Å². The standard InChI is InChI=1S/C14H19NO/c1-2-8-14(16)9-10-15(12-14)11-13-6-4-3-5-7-13/h2-7,16H,1,8-12H2/t14-/m1/s1. The van der Waals surface area contributed by atoms with Crippen LogP contribution < -0.4 is 0 Å². The monoisotopic (exact) mass is 217 g/mol. The first-order valence-corrected chi connectivity index (χ1v) is 5.81. The lowest BCUT2D eigenvalue weighted by Crippen LogP contribution is -2.32. The minimum atomic E-state index is -0.545. The average molecular weight is 217 g/mol. The molecule has 86 valence electrons. The lowest BCUT2D eigenvalue weighted by Gasteiger charge is -2.21. The van der Waals surface area contributed by atoms with Gasteiger partial charge in [0.15, 0.2) is 0 Å². The lowest BCUT2D eigenvalue weighted by molar-refractivity contribution is 0.0516. The van der Waals surface area contributed by atoms with Gasteiger partial charge in [-0.15, -0.1) is 6.58 Å². The molecule has 1 heterocycles. The van der Waals surface area contributed by atoms with Crippen LogP contribution in [0.5, 0.6) is 0 Å². The molecular formula is C14H19NO. The van der Waals surface area contributed by atoms with E-state index in [0.29, 0.717) is 6.42 Å². The van der Waals surface area contributed by atoms with Crippen molar-refractivity contribution < 1.29 is 5.11 Å². The molecule has 0 aromatic heterocycles. The van der Waals surface area contributed by atoms with E-state index in [1.165, 1.54) is 5.56 Å². The van der Waals surface area contributed by atoms with Gasteiger partial charge in [-0.25, -0.2) is 0 Å². The summed E-state index contributed by atoms with van der Waals surface area (Å²) in [6.45, 7) is 6.36. The second kappa shape index (κ2) is 4.81. The molecule has 1 N–H and O–H groups in total. The number of benzene rings is 1. The van der Waals surface area contributed by atoms with Crippen molar-refractivity contribution in [2.24, 2.45) is 0 Å². The zero-order valence-corrected chi connectivity index (χ0v) is 9.60. The van der Waals surface area contributed by atoms with E-state index in [9.17, 15) is 5.11 Å². The molecule has 1 saturated heterocycles. The minimum absolute atomic E-state index is 0.545. The third-order valence-electron chi connectivity index (χ3n) is 3.18. The Bertz CT molecular complexity index is 349. The van der Waals surface area contributed by atoms with Crippen LogP contribution in [0.4, 0.5) is 0 Å². The summed E-state index contributed by atoms with van der Waals surface area (Å²) in [6, 6.07) is 10.4. The van der Waals surface area contributed by atoms with Gasteiger partial charge in [0.2, 0.25) is 0 Å². The maximum Gasteiger partial charge on any atom is 0.0820 e. The predicted octanol–water partition coefficient (Wildman–Crippen LogP) is 2.20. The topological polar surface area (TPSA) is 23.5 Å². The van der Waals surface area contributed by atoms with Gasteiger partial charge in [-0.05, 0) is 18.4 Å². The zero-order valence-electron chi connectivity index (χ0n) is 9.60. The van der Waals surface area contributed by atoms with Gasteiger partial charge in [0.05, 0.1) is 5.60 Å². The molecule has 1 atom stereocenters. The second-order valence-corrected chi connectivity index (χ2v) is 4.66.